The lowest BCUT2D eigenvalue weighted by Gasteiger charge is -2.09. The van der Waals surface area contributed by atoms with Gasteiger partial charge in [-0.25, -0.2) is 18.4 Å². The van der Waals surface area contributed by atoms with Crippen molar-refractivity contribution < 1.29 is 13.2 Å². The van der Waals surface area contributed by atoms with Crippen LogP contribution in [-0.4, -0.2) is 37.1 Å². The summed E-state index contributed by atoms with van der Waals surface area (Å²) in [5, 5.41) is 7.18. The smallest absolute Gasteiger partial charge is 0.224 e. The van der Waals surface area contributed by atoms with Crippen molar-refractivity contribution in [2.24, 2.45) is 0 Å². The number of benzene rings is 2. The highest BCUT2D eigenvalue weighted by atomic mass is 35.5. The van der Waals surface area contributed by atoms with Gasteiger partial charge in [0.05, 0.1) is 10.4 Å². The molecule has 9 heteroatoms. The zero-order chi connectivity index (χ0) is 20.1. The monoisotopic (exact) mass is 418 g/mol. The summed E-state index contributed by atoms with van der Waals surface area (Å²) in [6.45, 7) is 0.503. The van der Waals surface area contributed by atoms with E-state index in [1.165, 1.54) is 12.4 Å². The number of hydrogen-bond acceptors (Lipinski definition) is 6. The third-order valence-electron chi connectivity index (χ3n) is 4.04. The Morgan fingerprint density at radius 3 is 2.57 bits per heavy atom. The molecule has 1 amide bonds. The lowest BCUT2D eigenvalue weighted by molar-refractivity contribution is -0.116. The van der Waals surface area contributed by atoms with Crippen molar-refractivity contribution in [1.82, 2.24) is 9.97 Å². The Morgan fingerprint density at radius 1 is 1.11 bits per heavy atom. The van der Waals surface area contributed by atoms with E-state index in [1.807, 2.05) is 0 Å². The number of nitrogens with one attached hydrogen (secondary N) is 2. The third kappa shape index (κ3) is 5.17. The molecule has 0 atom stereocenters. The van der Waals surface area contributed by atoms with Gasteiger partial charge in [-0.1, -0.05) is 11.6 Å². The van der Waals surface area contributed by atoms with Gasteiger partial charge in [0.15, 0.2) is 9.84 Å². The van der Waals surface area contributed by atoms with Crippen LogP contribution in [0.25, 0.3) is 10.9 Å². The van der Waals surface area contributed by atoms with Crippen LogP contribution in [0.2, 0.25) is 5.02 Å². The van der Waals surface area contributed by atoms with E-state index >= 15 is 0 Å². The van der Waals surface area contributed by atoms with E-state index in [9.17, 15) is 13.2 Å². The topological polar surface area (TPSA) is 101 Å². The molecule has 3 rings (SSSR count). The van der Waals surface area contributed by atoms with Gasteiger partial charge >= 0.3 is 0 Å². The minimum Gasteiger partial charge on any atom is -0.369 e. The molecule has 0 bridgehead atoms. The number of nitrogens with zero attached hydrogens (tertiary/aromatic N) is 2. The Labute approximate surface area is 168 Å². The standard InChI is InChI=1S/C19H19ClN4O3S/c1-28(26,27)15-8-9-17-16(11-15)19(23-12-22-17)21-10-2-3-18(25)24-14-6-4-13(20)5-7-14/h4-9,11-12H,2-3,10H2,1H3,(H,24,25)(H,21,22,23). The van der Waals surface area contributed by atoms with Crippen molar-refractivity contribution in [2.45, 2.75) is 17.7 Å². The second-order valence-electron chi connectivity index (χ2n) is 6.26. The fourth-order valence-corrected chi connectivity index (χ4v) is 3.39. The van der Waals surface area contributed by atoms with Crippen LogP contribution in [0.5, 0.6) is 0 Å². The van der Waals surface area contributed by atoms with Gasteiger partial charge in [0, 0.05) is 35.3 Å². The van der Waals surface area contributed by atoms with Gasteiger partial charge in [0.1, 0.15) is 12.1 Å². The van der Waals surface area contributed by atoms with Crippen LogP contribution < -0.4 is 10.6 Å². The van der Waals surface area contributed by atoms with E-state index in [0.717, 1.165) is 6.26 Å². The van der Waals surface area contributed by atoms with Crippen LogP contribution in [0.4, 0.5) is 11.5 Å². The maximum absolute atomic E-state index is 12.0. The van der Waals surface area contributed by atoms with E-state index in [1.54, 1.807) is 36.4 Å². The molecule has 0 fully saturated rings. The number of fused-ring (bicyclic) bond motifs is 1. The van der Waals surface area contributed by atoms with Gasteiger partial charge in [0.2, 0.25) is 5.91 Å². The van der Waals surface area contributed by atoms with Crippen LogP contribution in [0.15, 0.2) is 53.7 Å². The molecule has 0 saturated carbocycles. The third-order valence-corrected chi connectivity index (χ3v) is 5.40. The summed E-state index contributed by atoms with van der Waals surface area (Å²) in [5.74, 6) is 0.435. The fourth-order valence-electron chi connectivity index (χ4n) is 2.62. The average Bonchev–Trinajstić information content (AvgIpc) is 2.66. The summed E-state index contributed by atoms with van der Waals surface area (Å²) in [7, 11) is -3.32. The molecule has 1 aromatic heterocycles. The van der Waals surface area contributed by atoms with E-state index in [-0.39, 0.29) is 10.8 Å². The summed E-state index contributed by atoms with van der Waals surface area (Å²) in [4.78, 5) is 20.6. The molecule has 2 aromatic carbocycles. The number of sulfone groups is 1. The number of amides is 1. The van der Waals surface area contributed by atoms with Crippen molar-refractivity contribution in [1.29, 1.82) is 0 Å². The first-order valence-electron chi connectivity index (χ1n) is 8.57. The molecular weight excluding hydrogens is 400 g/mol. The molecule has 28 heavy (non-hydrogen) atoms. The predicted molar refractivity (Wildman–Crippen MR) is 110 cm³/mol. The van der Waals surface area contributed by atoms with Crippen LogP contribution >= 0.6 is 11.6 Å². The van der Waals surface area contributed by atoms with Crippen LogP contribution in [0.3, 0.4) is 0 Å². The predicted octanol–water partition coefficient (Wildman–Crippen LogP) is 3.52. The van der Waals surface area contributed by atoms with Crippen LogP contribution in [-0.2, 0) is 14.6 Å². The molecule has 0 unspecified atom stereocenters. The highest BCUT2D eigenvalue weighted by Crippen LogP contribution is 2.23. The molecule has 1 heterocycles. The van der Waals surface area contributed by atoms with E-state index in [0.29, 0.717) is 46.8 Å². The van der Waals surface area contributed by atoms with Crippen molar-refractivity contribution in [3.05, 3.63) is 53.8 Å². The summed E-state index contributed by atoms with van der Waals surface area (Å²) in [6, 6.07) is 11.6. The second kappa shape index (κ2) is 8.53. The van der Waals surface area contributed by atoms with Crippen molar-refractivity contribution in [2.75, 3.05) is 23.4 Å². The largest absolute Gasteiger partial charge is 0.369 e. The maximum atomic E-state index is 12.0. The quantitative estimate of drug-likeness (QED) is 0.569. The zero-order valence-corrected chi connectivity index (χ0v) is 16.7. The highest BCUT2D eigenvalue weighted by Gasteiger charge is 2.11. The lowest BCUT2D eigenvalue weighted by atomic mass is 10.2. The van der Waals surface area contributed by atoms with Gasteiger partial charge in [-0.3, -0.25) is 4.79 Å². The molecule has 2 N–H and O–H groups in total. The SMILES string of the molecule is CS(=O)(=O)c1ccc2ncnc(NCCCC(=O)Nc3ccc(Cl)cc3)c2c1. The molecule has 0 aliphatic carbocycles. The van der Waals surface area contributed by atoms with Crippen molar-refractivity contribution >= 4 is 49.8 Å². The van der Waals surface area contributed by atoms with Crippen LogP contribution in [0.1, 0.15) is 12.8 Å². The van der Waals surface area contributed by atoms with E-state index in [4.69, 9.17) is 11.6 Å². The first-order chi connectivity index (χ1) is 13.3. The molecular formula is C19H19ClN4O3S. The number of carbonyl (C=O) groups excluding carboxylic acids is 1. The number of carbonyl (C=O) groups is 1. The Balaban J connectivity index is 1.59. The summed E-state index contributed by atoms with van der Waals surface area (Å²) in [5.41, 5.74) is 1.34. The highest BCUT2D eigenvalue weighted by molar-refractivity contribution is 7.90. The Morgan fingerprint density at radius 2 is 1.86 bits per heavy atom. The second-order valence-corrected chi connectivity index (χ2v) is 8.71. The first kappa shape index (κ1) is 20.0. The number of anilines is 2. The summed E-state index contributed by atoms with van der Waals surface area (Å²) >= 11 is 5.82. The maximum Gasteiger partial charge on any atom is 0.224 e. The minimum absolute atomic E-state index is 0.101. The summed E-state index contributed by atoms with van der Waals surface area (Å²) < 4.78 is 23.6. The molecule has 7 nitrogen and oxygen atoms in total. The number of aromatic nitrogens is 2. The summed E-state index contributed by atoms with van der Waals surface area (Å²) in [6.07, 6.45) is 3.48. The minimum atomic E-state index is -3.32. The van der Waals surface area contributed by atoms with Gasteiger partial charge in [-0.05, 0) is 48.9 Å². The van der Waals surface area contributed by atoms with Crippen molar-refractivity contribution in [3.8, 4) is 0 Å². The first-order valence-corrected chi connectivity index (χ1v) is 10.8. The van der Waals surface area contributed by atoms with E-state index < -0.39 is 9.84 Å². The number of halogens is 1. The van der Waals surface area contributed by atoms with E-state index in [2.05, 4.69) is 20.6 Å². The molecule has 3 aromatic rings. The number of hydrogen-bond donors (Lipinski definition) is 2. The fraction of sp³-hybridized carbons (Fsp3) is 0.211. The van der Waals surface area contributed by atoms with Gasteiger partial charge in [-0.15, -0.1) is 0 Å². The Kier molecular flexibility index (Phi) is 6.11. The Hall–Kier alpha value is -2.71. The molecule has 146 valence electrons. The molecule has 0 aliphatic heterocycles. The van der Waals surface area contributed by atoms with Crippen molar-refractivity contribution in [3.63, 3.8) is 0 Å². The lowest BCUT2D eigenvalue weighted by Crippen LogP contribution is -2.13. The van der Waals surface area contributed by atoms with Gasteiger partial charge in [0.25, 0.3) is 0 Å². The Bertz CT molecular complexity index is 1100. The zero-order valence-electron chi connectivity index (χ0n) is 15.1. The van der Waals surface area contributed by atoms with Gasteiger partial charge in [-0.2, -0.15) is 0 Å². The normalized spacial score (nSPS) is 11.4. The molecule has 0 radical (unpaired) electrons. The molecule has 0 spiro atoms. The van der Waals surface area contributed by atoms with Gasteiger partial charge < -0.3 is 10.6 Å². The average molecular weight is 419 g/mol. The number of rotatable bonds is 7. The van der Waals surface area contributed by atoms with Crippen LogP contribution in [0, 0.1) is 0 Å². The molecule has 0 aliphatic rings. The molecule has 0 saturated heterocycles.